The van der Waals surface area contributed by atoms with Gasteiger partial charge in [-0.3, -0.25) is 4.90 Å². The molecule has 3 nitrogen and oxygen atoms in total. The molecule has 2 atom stereocenters. The quantitative estimate of drug-likeness (QED) is 0.728. The molecule has 1 aliphatic carbocycles. The van der Waals surface area contributed by atoms with Crippen LogP contribution in [-0.4, -0.2) is 47.8 Å². The molecule has 3 heteroatoms. The Labute approximate surface area is 112 Å². The van der Waals surface area contributed by atoms with Crippen LogP contribution in [0.1, 0.15) is 46.5 Å². The Morgan fingerprint density at radius 1 is 1.28 bits per heavy atom. The predicted molar refractivity (Wildman–Crippen MR) is 75.7 cm³/mol. The number of aliphatic hydroxyl groups is 1. The number of rotatable bonds is 7. The van der Waals surface area contributed by atoms with Crippen LogP contribution in [0.3, 0.4) is 0 Å². The van der Waals surface area contributed by atoms with Crippen molar-refractivity contribution in [3.63, 3.8) is 0 Å². The van der Waals surface area contributed by atoms with Crippen molar-refractivity contribution in [2.75, 3.05) is 26.2 Å². The second kappa shape index (κ2) is 5.89. The maximum Gasteiger partial charge on any atom is 0.0768 e. The molecule has 1 saturated carbocycles. The van der Waals surface area contributed by atoms with Gasteiger partial charge in [-0.2, -0.15) is 0 Å². The summed E-state index contributed by atoms with van der Waals surface area (Å²) < 4.78 is 0. The van der Waals surface area contributed by atoms with E-state index in [0.717, 1.165) is 19.0 Å². The van der Waals surface area contributed by atoms with Gasteiger partial charge in [0.25, 0.3) is 0 Å². The Morgan fingerprint density at radius 2 is 2.00 bits per heavy atom. The summed E-state index contributed by atoms with van der Waals surface area (Å²) in [6, 6.07) is 0.645. The Morgan fingerprint density at radius 3 is 2.50 bits per heavy atom. The van der Waals surface area contributed by atoms with E-state index in [1.165, 1.54) is 38.8 Å². The van der Waals surface area contributed by atoms with Gasteiger partial charge in [0.2, 0.25) is 0 Å². The first-order valence-corrected chi connectivity index (χ1v) is 7.65. The summed E-state index contributed by atoms with van der Waals surface area (Å²) in [6.07, 6.45) is 5.38. The minimum atomic E-state index is -0.562. The van der Waals surface area contributed by atoms with Crippen molar-refractivity contribution < 1.29 is 5.11 Å². The SMILES string of the molecule is CC(C)C(C)(O)CN(CC1CC1)CC1CCCN1. The molecule has 0 aromatic heterocycles. The van der Waals surface area contributed by atoms with Crippen LogP contribution in [-0.2, 0) is 0 Å². The molecule has 1 saturated heterocycles. The molecular weight excluding hydrogens is 224 g/mol. The number of nitrogens with one attached hydrogen (secondary N) is 1. The van der Waals surface area contributed by atoms with Gasteiger partial charge in [0, 0.05) is 25.7 Å². The highest BCUT2D eigenvalue weighted by atomic mass is 16.3. The highest BCUT2D eigenvalue weighted by molar-refractivity contribution is 4.87. The maximum atomic E-state index is 10.5. The molecule has 2 fully saturated rings. The van der Waals surface area contributed by atoms with E-state index in [1.54, 1.807) is 0 Å². The zero-order chi connectivity index (χ0) is 13.2. The Hall–Kier alpha value is -0.120. The molecule has 18 heavy (non-hydrogen) atoms. The van der Waals surface area contributed by atoms with E-state index >= 15 is 0 Å². The van der Waals surface area contributed by atoms with Crippen LogP contribution in [0.2, 0.25) is 0 Å². The van der Waals surface area contributed by atoms with Gasteiger partial charge in [-0.25, -0.2) is 0 Å². The molecule has 0 spiro atoms. The molecule has 1 heterocycles. The normalized spacial score (nSPS) is 28.0. The van der Waals surface area contributed by atoms with Gasteiger partial charge in [0.05, 0.1) is 5.60 Å². The molecule has 2 rings (SSSR count). The van der Waals surface area contributed by atoms with Crippen molar-refractivity contribution in [1.82, 2.24) is 10.2 Å². The van der Waals surface area contributed by atoms with Crippen LogP contribution >= 0.6 is 0 Å². The van der Waals surface area contributed by atoms with E-state index in [2.05, 4.69) is 24.1 Å². The van der Waals surface area contributed by atoms with E-state index in [0.29, 0.717) is 12.0 Å². The summed E-state index contributed by atoms with van der Waals surface area (Å²) in [5.41, 5.74) is -0.562. The zero-order valence-corrected chi connectivity index (χ0v) is 12.3. The first kappa shape index (κ1) is 14.3. The molecular formula is C15H30N2O. The van der Waals surface area contributed by atoms with E-state index in [9.17, 15) is 5.11 Å². The molecule has 0 amide bonds. The average molecular weight is 254 g/mol. The van der Waals surface area contributed by atoms with Crippen LogP contribution in [0.4, 0.5) is 0 Å². The summed E-state index contributed by atoms with van der Waals surface area (Å²) in [6.45, 7) is 10.5. The van der Waals surface area contributed by atoms with Crippen molar-refractivity contribution in [3.8, 4) is 0 Å². The van der Waals surface area contributed by atoms with Crippen LogP contribution in [0, 0.1) is 11.8 Å². The number of hydrogen-bond acceptors (Lipinski definition) is 3. The van der Waals surface area contributed by atoms with E-state index in [-0.39, 0.29) is 0 Å². The number of nitrogens with zero attached hydrogens (tertiary/aromatic N) is 1. The van der Waals surface area contributed by atoms with Crippen molar-refractivity contribution >= 4 is 0 Å². The van der Waals surface area contributed by atoms with Gasteiger partial charge in [-0.15, -0.1) is 0 Å². The Bertz CT molecular complexity index is 255. The molecule has 0 bridgehead atoms. The molecule has 0 aromatic carbocycles. The molecule has 1 aliphatic heterocycles. The highest BCUT2D eigenvalue weighted by Crippen LogP contribution is 2.31. The van der Waals surface area contributed by atoms with E-state index < -0.39 is 5.60 Å². The van der Waals surface area contributed by atoms with Crippen molar-refractivity contribution in [2.24, 2.45) is 11.8 Å². The largest absolute Gasteiger partial charge is 0.389 e. The average Bonchev–Trinajstić information content (AvgIpc) is 2.92. The zero-order valence-electron chi connectivity index (χ0n) is 12.3. The van der Waals surface area contributed by atoms with Gasteiger partial charge in [-0.1, -0.05) is 13.8 Å². The minimum Gasteiger partial charge on any atom is -0.389 e. The lowest BCUT2D eigenvalue weighted by molar-refractivity contribution is -0.0213. The van der Waals surface area contributed by atoms with Crippen molar-refractivity contribution in [1.29, 1.82) is 0 Å². The maximum absolute atomic E-state index is 10.5. The molecule has 2 N–H and O–H groups in total. The lowest BCUT2D eigenvalue weighted by atomic mass is 9.91. The second-order valence-electron chi connectivity index (χ2n) is 6.94. The monoisotopic (exact) mass is 254 g/mol. The number of hydrogen-bond donors (Lipinski definition) is 2. The Kier molecular flexibility index (Phi) is 4.68. The highest BCUT2D eigenvalue weighted by Gasteiger charge is 2.32. The van der Waals surface area contributed by atoms with Crippen LogP contribution in [0.5, 0.6) is 0 Å². The van der Waals surface area contributed by atoms with E-state index in [4.69, 9.17) is 0 Å². The van der Waals surface area contributed by atoms with Crippen LogP contribution in [0.15, 0.2) is 0 Å². The fourth-order valence-electron chi connectivity index (χ4n) is 2.73. The van der Waals surface area contributed by atoms with E-state index in [1.807, 2.05) is 6.92 Å². The third-order valence-electron chi connectivity index (χ3n) is 4.64. The summed E-state index contributed by atoms with van der Waals surface area (Å²) >= 11 is 0. The smallest absolute Gasteiger partial charge is 0.0768 e. The minimum absolute atomic E-state index is 0.316. The molecule has 0 radical (unpaired) electrons. The first-order valence-electron chi connectivity index (χ1n) is 7.65. The fourth-order valence-corrected chi connectivity index (χ4v) is 2.73. The second-order valence-corrected chi connectivity index (χ2v) is 6.94. The molecule has 106 valence electrons. The standard InChI is InChI=1S/C15H30N2O/c1-12(2)15(3,18)11-17(9-13-6-7-13)10-14-5-4-8-16-14/h12-14,16,18H,4-11H2,1-3H3. The molecule has 0 aromatic rings. The van der Waals surface area contributed by atoms with Crippen LogP contribution in [0.25, 0.3) is 0 Å². The van der Waals surface area contributed by atoms with Gasteiger partial charge < -0.3 is 10.4 Å². The van der Waals surface area contributed by atoms with Crippen molar-refractivity contribution in [2.45, 2.75) is 58.1 Å². The topological polar surface area (TPSA) is 35.5 Å². The summed E-state index contributed by atoms with van der Waals surface area (Å²) in [7, 11) is 0. The van der Waals surface area contributed by atoms with Gasteiger partial charge in [0.15, 0.2) is 0 Å². The summed E-state index contributed by atoms with van der Waals surface area (Å²) in [5.74, 6) is 1.21. The first-order chi connectivity index (χ1) is 8.47. The molecule has 2 unspecified atom stereocenters. The fraction of sp³-hybridized carbons (Fsp3) is 1.00. The summed E-state index contributed by atoms with van der Waals surface area (Å²) in [5, 5.41) is 14.1. The third-order valence-corrected chi connectivity index (χ3v) is 4.64. The predicted octanol–water partition coefficient (Wildman–Crippen LogP) is 1.86. The lowest BCUT2D eigenvalue weighted by Gasteiger charge is -2.35. The third kappa shape index (κ3) is 4.22. The lowest BCUT2D eigenvalue weighted by Crippen LogP contribution is -2.48. The van der Waals surface area contributed by atoms with Crippen molar-refractivity contribution in [3.05, 3.63) is 0 Å². The van der Waals surface area contributed by atoms with Gasteiger partial charge in [0.1, 0.15) is 0 Å². The molecule has 2 aliphatic rings. The van der Waals surface area contributed by atoms with Crippen LogP contribution < -0.4 is 5.32 Å². The van der Waals surface area contributed by atoms with Gasteiger partial charge >= 0.3 is 0 Å². The Balaban J connectivity index is 1.86. The van der Waals surface area contributed by atoms with Gasteiger partial charge in [-0.05, 0) is 51.0 Å². The summed E-state index contributed by atoms with van der Waals surface area (Å²) in [4.78, 5) is 2.50.